The number of hydrogen-bond acceptors (Lipinski definition) is 3. The summed E-state index contributed by atoms with van der Waals surface area (Å²) in [6.45, 7) is 1.56. The highest BCUT2D eigenvalue weighted by Gasteiger charge is 1.86. The van der Waals surface area contributed by atoms with Gasteiger partial charge >= 0.3 is 5.63 Å². The highest BCUT2D eigenvalue weighted by atomic mass is 16.4. The lowest BCUT2D eigenvalue weighted by Crippen LogP contribution is -2.01. The Bertz CT molecular complexity index is 238. The first-order valence-electron chi connectivity index (χ1n) is 2.47. The van der Waals surface area contributed by atoms with Crippen LogP contribution in [-0.2, 0) is 0 Å². The van der Waals surface area contributed by atoms with E-state index in [1.165, 1.54) is 6.07 Å². The molecule has 0 aliphatic heterocycles. The Morgan fingerprint density at radius 1 is 1.56 bits per heavy atom. The molecule has 0 aromatic carbocycles. The minimum atomic E-state index is -0.583. The van der Waals surface area contributed by atoms with Gasteiger partial charge in [0.25, 0.3) is 0 Å². The van der Waals surface area contributed by atoms with E-state index in [9.17, 15) is 9.90 Å². The molecule has 0 atom stereocenters. The Balaban J connectivity index is 3.33. The van der Waals surface area contributed by atoms with Gasteiger partial charge in [-0.25, -0.2) is 4.79 Å². The van der Waals surface area contributed by atoms with Crippen LogP contribution >= 0.6 is 0 Å². The van der Waals surface area contributed by atoms with Gasteiger partial charge < -0.3 is 9.52 Å². The third-order valence-electron chi connectivity index (χ3n) is 0.867. The Hall–Kier alpha value is -1.25. The Morgan fingerprint density at radius 2 is 2.22 bits per heavy atom. The first-order chi connectivity index (χ1) is 4.18. The predicted molar refractivity (Wildman–Crippen MR) is 29.2 cm³/mol. The van der Waals surface area contributed by atoms with Crippen molar-refractivity contribution in [2.75, 3.05) is 0 Å². The van der Waals surface area contributed by atoms with Crippen molar-refractivity contribution in [3.05, 3.63) is 28.3 Å². The van der Waals surface area contributed by atoms with Crippen molar-refractivity contribution in [3.63, 3.8) is 0 Å². The van der Waals surface area contributed by atoms with Gasteiger partial charge in [-0.05, 0) is 13.0 Å². The first-order valence-corrected chi connectivity index (χ1v) is 2.47. The third kappa shape index (κ3) is 1.32. The molecular formula is C6H5O3-. The third-order valence-corrected chi connectivity index (χ3v) is 0.867. The molecule has 0 N–H and O–H groups in total. The van der Waals surface area contributed by atoms with Crippen LogP contribution in [0.15, 0.2) is 21.3 Å². The monoisotopic (exact) mass is 125 g/mol. The average molecular weight is 125 g/mol. The van der Waals surface area contributed by atoms with Gasteiger partial charge in [-0.3, -0.25) is 0 Å². The zero-order chi connectivity index (χ0) is 6.85. The molecule has 0 fully saturated rings. The van der Waals surface area contributed by atoms with E-state index in [1.54, 1.807) is 6.92 Å². The highest BCUT2D eigenvalue weighted by molar-refractivity contribution is 5.15. The first kappa shape index (κ1) is 5.88. The fourth-order valence-corrected chi connectivity index (χ4v) is 0.576. The van der Waals surface area contributed by atoms with E-state index in [0.717, 1.165) is 6.07 Å². The van der Waals surface area contributed by atoms with Crippen molar-refractivity contribution in [1.29, 1.82) is 0 Å². The van der Waals surface area contributed by atoms with Gasteiger partial charge in [-0.15, -0.1) is 0 Å². The normalized spacial score (nSPS) is 9.44. The highest BCUT2D eigenvalue weighted by Crippen LogP contribution is 2.00. The maximum absolute atomic E-state index is 10.5. The van der Waals surface area contributed by atoms with Crippen LogP contribution in [-0.4, -0.2) is 0 Å². The summed E-state index contributed by atoms with van der Waals surface area (Å²) >= 11 is 0. The van der Waals surface area contributed by atoms with Gasteiger partial charge in [-0.1, -0.05) is 5.75 Å². The molecule has 48 valence electrons. The maximum Gasteiger partial charge on any atom is 0.335 e. The Labute approximate surface area is 51.6 Å². The van der Waals surface area contributed by atoms with E-state index in [0.29, 0.717) is 5.76 Å². The molecule has 0 bridgehead atoms. The zero-order valence-corrected chi connectivity index (χ0v) is 4.88. The van der Waals surface area contributed by atoms with Crippen LogP contribution in [0.1, 0.15) is 5.76 Å². The molecule has 1 heterocycles. The molecule has 1 aromatic heterocycles. The van der Waals surface area contributed by atoms with Gasteiger partial charge in [0.2, 0.25) is 0 Å². The number of hydrogen-bond donors (Lipinski definition) is 0. The molecule has 0 radical (unpaired) electrons. The van der Waals surface area contributed by atoms with Crippen molar-refractivity contribution >= 4 is 0 Å². The fraction of sp³-hybridized carbons (Fsp3) is 0.167. The second kappa shape index (κ2) is 1.93. The molecule has 0 saturated heterocycles. The van der Waals surface area contributed by atoms with Gasteiger partial charge in [0.1, 0.15) is 5.76 Å². The van der Waals surface area contributed by atoms with Crippen molar-refractivity contribution in [2.24, 2.45) is 0 Å². The molecule has 1 rings (SSSR count). The van der Waals surface area contributed by atoms with Crippen molar-refractivity contribution in [2.45, 2.75) is 6.92 Å². The predicted octanol–water partition coefficient (Wildman–Crippen LogP) is 0.0218. The summed E-state index contributed by atoms with van der Waals surface area (Å²) < 4.78 is 4.50. The van der Waals surface area contributed by atoms with Gasteiger partial charge in [-0.2, -0.15) is 0 Å². The van der Waals surface area contributed by atoms with Gasteiger partial charge in [0.05, 0.1) is 0 Å². The molecule has 0 unspecified atom stereocenters. The second-order valence-corrected chi connectivity index (χ2v) is 1.72. The van der Waals surface area contributed by atoms with Crippen LogP contribution in [0.5, 0.6) is 5.75 Å². The molecule has 1 aromatic rings. The molecule has 0 saturated carbocycles. The topological polar surface area (TPSA) is 53.3 Å². The van der Waals surface area contributed by atoms with Gasteiger partial charge in [0.15, 0.2) is 0 Å². The number of aryl methyl sites for hydroxylation is 1. The second-order valence-electron chi connectivity index (χ2n) is 1.72. The molecule has 0 spiro atoms. The largest absolute Gasteiger partial charge is 0.872 e. The van der Waals surface area contributed by atoms with Crippen LogP contribution in [0.2, 0.25) is 0 Å². The summed E-state index contributed by atoms with van der Waals surface area (Å²) in [5.74, 6) is 0.0521. The van der Waals surface area contributed by atoms with Crippen molar-refractivity contribution in [3.8, 4) is 5.75 Å². The average Bonchev–Trinajstić information content (AvgIpc) is 1.59. The van der Waals surface area contributed by atoms with Crippen LogP contribution in [0.4, 0.5) is 0 Å². The molecule has 0 aliphatic carbocycles. The fourth-order valence-electron chi connectivity index (χ4n) is 0.576. The van der Waals surface area contributed by atoms with E-state index in [4.69, 9.17) is 0 Å². The molecule has 0 amide bonds. The summed E-state index contributed by atoms with van der Waals surface area (Å²) in [5.41, 5.74) is -0.583. The van der Waals surface area contributed by atoms with Crippen molar-refractivity contribution < 1.29 is 9.52 Å². The van der Waals surface area contributed by atoms with Crippen LogP contribution < -0.4 is 10.7 Å². The minimum Gasteiger partial charge on any atom is -0.872 e. The summed E-state index contributed by atoms with van der Waals surface area (Å²) in [7, 11) is 0. The van der Waals surface area contributed by atoms with Crippen LogP contribution in [0, 0.1) is 6.92 Å². The van der Waals surface area contributed by atoms with E-state index < -0.39 is 5.63 Å². The quantitative estimate of drug-likeness (QED) is 0.491. The Kier molecular flexibility index (Phi) is 1.26. The molecule has 0 aliphatic rings. The molecule has 3 heteroatoms. The summed E-state index contributed by atoms with van der Waals surface area (Å²) in [4.78, 5) is 10.3. The van der Waals surface area contributed by atoms with Crippen LogP contribution in [0.25, 0.3) is 0 Å². The minimum absolute atomic E-state index is 0.302. The van der Waals surface area contributed by atoms with E-state index in [1.807, 2.05) is 0 Å². The SMILES string of the molecule is Cc1cc([O-])cc(=O)o1. The molecule has 9 heavy (non-hydrogen) atoms. The summed E-state index contributed by atoms with van der Waals surface area (Å²) in [6, 6.07) is 2.17. The van der Waals surface area contributed by atoms with Crippen molar-refractivity contribution in [1.82, 2.24) is 0 Å². The lowest BCUT2D eigenvalue weighted by molar-refractivity contribution is -0.268. The van der Waals surface area contributed by atoms with Crippen LogP contribution in [0.3, 0.4) is 0 Å². The summed E-state index contributed by atoms with van der Waals surface area (Å²) in [5, 5.41) is 10.5. The standard InChI is InChI=1S/C6H6O3/c1-4-2-5(7)3-6(8)9-4/h2-3,7H,1H3/p-1. The zero-order valence-electron chi connectivity index (χ0n) is 4.88. The number of rotatable bonds is 0. The van der Waals surface area contributed by atoms with Gasteiger partial charge in [0, 0.05) is 6.07 Å². The Morgan fingerprint density at radius 3 is 2.67 bits per heavy atom. The van der Waals surface area contributed by atoms with E-state index >= 15 is 0 Å². The van der Waals surface area contributed by atoms with E-state index in [2.05, 4.69) is 4.42 Å². The lowest BCUT2D eigenvalue weighted by atomic mass is 10.4. The van der Waals surface area contributed by atoms with E-state index in [-0.39, 0.29) is 5.75 Å². The maximum atomic E-state index is 10.5. The molecule has 3 nitrogen and oxygen atoms in total. The smallest absolute Gasteiger partial charge is 0.335 e. The summed E-state index contributed by atoms with van der Waals surface area (Å²) in [6.07, 6.45) is 0. The lowest BCUT2D eigenvalue weighted by Gasteiger charge is -2.01. The molecular weight excluding hydrogens is 120 g/mol.